The molecule has 0 fully saturated rings. The van der Waals surface area contributed by atoms with Gasteiger partial charge >= 0.3 is 26.2 Å². The number of fused-ring (bicyclic) bond motifs is 1. The van der Waals surface area contributed by atoms with Gasteiger partial charge in [0.1, 0.15) is 0 Å². The van der Waals surface area contributed by atoms with Gasteiger partial charge in [0.25, 0.3) is 0 Å². The Morgan fingerprint density at radius 2 is 1.74 bits per heavy atom. The van der Waals surface area contributed by atoms with Gasteiger partial charge in [0.05, 0.1) is 0 Å². The average Bonchev–Trinajstić information content (AvgIpc) is 3.38. The zero-order valence-corrected chi connectivity index (χ0v) is 19.8. The second kappa shape index (κ2) is 21.2. The van der Waals surface area contributed by atoms with Crippen LogP contribution in [0.2, 0.25) is 0 Å². The molecule has 0 aromatic heterocycles. The first-order valence-corrected chi connectivity index (χ1v) is 9.79. The molecule has 0 heterocycles. The van der Waals surface area contributed by atoms with Crippen LogP contribution < -0.4 is 0 Å². The summed E-state index contributed by atoms with van der Waals surface area (Å²) in [6.45, 7) is 15.1. The van der Waals surface area contributed by atoms with E-state index in [1.807, 2.05) is 12.2 Å². The molecule has 0 N–H and O–H groups in total. The van der Waals surface area contributed by atoms with E-state index in [0.29, 0.717) is 0 Å². The van der Waals surface area contributed by atoms with Gasteiger partial charge < -0.3 is 13.8 Å². The van der Waals surface area contributed by atoms with Gasteiger partial charge in [0.15, 0.2) is 0 Å². The second-order valence-electron chi connectivity index (χ2n) is 6.04. The van der Waals surface area contributed by atoms with Crippen molar-refractivity contribution in [1.82, 2.24) is 0 Å². The van der Waals surface area contributed by atoms with E-state index >= 15 is 0 Å². The molecule has 0 aliphatic heterocycles. The molecule has 144 valence electrons. The molecular weight excluding hydrogens is 404 g/mol. The Balaban J connectivity index is 0. The van der Waals surface area contributed by atoms with E-state index in [1.54, 1.807) is 0 Å². The Bertz CT molecular complexity index is 578. The maximum atomic E-state index is 3.66. The Morgan fingerprint density at radius 3 is 2.22 bits per heavy atom. The van der Waals surface area contributed by atoms with Gasteiger partial charge in [-0.25, -0.2) is 12.2 Å². The molecule has 27 heavy (non-hydrogen) atoms. The van der Waals surface area contributed by atoms with Gasteiger partial charge in [0.2, 0.25) is 0 Å². The number of allylic oxidation sites excluding steroid dienone is 5. The van der Waals surface area contributed by atoms with Gasteiger partial charge in [-0.05, 0) is 12.8 Å². The van der Waals surface area contributed by atoms with Crippen molar-refractivity contribution in [3.8, 4) is 0 Å². The molecule has 1 aliphatic carbocycles. The van der Waals surface area contributed by atoms with E-state index in [2.05, 4.69) is 88.9 Å². The summed E-state index contributed by atoms with van der Waals surface area (Å²) in [5.41, 5.74) is 1.41. The minimum absolute atomic E-state index is 0. The first-order valence-electron chi connectivity index (χ1n) is 9.79. The summed E-state index contributed by atoms with van der Waals surface area (Å²) in [4.78, 5) is 0. The fraction of sp³-hybridized carbons (Fsp3) is 0.346. The molecule has 0 atom stereocenters. The molecule has 0 bridgehead atoms. The monoisotopic (exact) mass is 438 g/mol. The van der Waals surface area contributed by atoms with Gasteiger partial charge in [-0.15, -0.1) is 36.2 Å². The van der Waals surface area contributed by atoms with E-state index in [1.165, 1.54) is 29.2 Å². The zero-order chi connectivity index (χ0) is 19.5. The number of hydrogen-bond donors (Lipinski definition) is 0. The Hall–Kier alpha value is -1.07. The third-order valence-electron chi connectivity index (χ3n) is 3.67. The van der Waals surface area contributed by atoms with Crippen LogP contribution in [0.3, 0.4) is 0 Å². The Kier molecular flexibility index (Phi) is 22.1. The molecule has 0 spiro atoms. The third kappa shape index (κ3) is 15.7. The first kappa shape index (κ1) is 28.1. The van der Waals surface area contributed by atoms with Crippen molar-refractivity contribution >= 4 is 10.8 Å². The van der Waals surface area contributed by atoms with Crippen LogP contribution in [0.1, 0.15) is 58.8 Å². The molecule has 2 aromatic rings. The van der Waals surface area contributed by atoms with Gasteiger partial charge in [-0.2, -0.15) is 35.9 Å². The van der Waals surface area contributed by atoms with Crippen molar-refractivity contribution in [3.63, 3.8) is 0 Å². The van der Waals surface area contributed by atoms with Crippen LogP contribution in [0.5, 0.6) is 0 Å². The molecule has 0 unspecified atom stereocenters. The number of hydrogen-bond acceptors (Lipinski definition) is 0. The molecule has 2 aromatic carbocycles. The first-order chi connectivity index (χ1) is 12.7. The van der Waals surface area contributed by atoms with Gasteiger partial charge in [-0.1, -0.05) is 45.3 Å². The molecule has 0 radical (unpaired) electrons. The summed E-state index contributed by atoms with van der Waals surface area (Å²) >= 11 is 0. The fourth-order valence-electron chi connectivity index (χ4n) is 1.96. The smallest absolute Gasteiger partial charge is 0.343 e. The predicted octanol–water partition coefficient (Wildman–Crippen LogP) is 8.44. The molecular formula is C26H36Zr. The van der Waals surface area contributed by atoms with E-state index in [4.69, 9.17) is 0 Å². The fourth-order valence-corrected chi connectivity index (χ4v) is 1.96. The van der Waals surface area contributed by atoms with Crippen LogP contribution in [-0.2, 0) is 26.2 Å². The summed E-state index contributed by atoms with van der Waals surface area (Å²) in [5.74, 6) is 0. The van der Waals surface area contributed by atoms with Crippen molar-refractivity contribution in [1.29, 1.82) is 0 Å². The zero-order valence-electron chi connectivity index (χ0n) is 17.3. The quantitative estimate of drug-likeness (QED) is 0.324. The van der Waals surface area contributed by atoms with E-state index in [0.717, 1.165) is 32.1 Å². The minimum Gasteiger partial charge on any atom is -0.343 e. The molecule has 1 aliphatic rings. The molecule has 0 saturated heterocycles. The SMILES string of the molecule is C=CCCC1=[C-]C=CC1.[CH2-]CCC.[CH2-]CCC.[Zr+4].c1ccc2[cH-]ccc2c1. The average molecular weight is 440 g/mol. The molecule has 0 amide bonds. The number of rotatable bonds is 5. The number of benzene rings is 1. The summed E-state index contributed by atoms with van der Waals surface area (Å²) in [6.07, 6.45) is 17.2. The van der Waals surface area contributed by atoms with Crippen molar-refractivity contribution in [2.75, 3.05) is 0 Å². The second-order valence-corrected chi connectivity index (χ2v) is 6.04. The maximum Gasteiger partial charge on any atom is 4.00 e. The Morgan fingerprint density at radius 1 is 1.11 bits per heavy atom. The maximum absolute atomic E-state index is 3.66. The number of unbranched alkanes of at least 4 members (excludes halogenated alkanes) is 2. The van der Waals surface area contributed by atoms with Crippen LogP contribution >= 0.6 is 0 Å². The van der Waals surface area contributed by atoms with Crippen molar-refractivity contribution in [2.45, 2.75) is 58.8 Å². The standard InChI is InChI=1S/C9H7.C9H11.2C4H9.Zr/c1-2-5-9-7-3-6-8(9)4-1;1-2-3-6-9-7-4-5-8-9;2*1-3-4-2;/h1-7H;2,4-5H,1,3,6-7H2;2*1,3-4H2,2H3;/q4*-1;+4. The van der Waals surface area contributed by atoms with Crippen LogP contribution in [0.15, 0.2) is 72.8 Å². The van der Waals surface area contributed by atoms with Crippen molar-refractivity contribution in [2.24, 2.45) is 0 Å². The van der Waals surface area contributed by atoms with E-state index < -0.39 is 0 Å². The van der Waals surface area contributed by atoms with Crippen LogP contribution in [-0.4, -0.2) is 0 Å². The van der Waals surface area contributed by atoms with Gasteiger partial charge in [0, 0.05) is 0 Å². The molecule has 0 nitrogen and oxygen atoms in total. The topological polar surface area (TPSA) is 0 Å². The van der Waals surface area contributed by atoms with E-state index in [9.17, 15) is 0 Å². The molecule has 0 saturated carbocycles. The normalized spacial score (nSPS) is 10.9. The largest absolute Gasteiger partial charge is 4.00 e. The van der Waals surface area contributed by atoms with Crippen LogP contribution in [0.25, 0.3) is 10.8 Å². The summed E-state index contributed by atoms with van der Waals surface area (Å²) in [6, 6.07) is 14.7. The van der Waals surface area contributed by atoms with Crippen molar-refractivity contribution in [3.05, 3.63) is 92.8 Å². The van der Waals surface area contributed by atoms with Crippen molar-refractivity contribution < 1.29 is 26.2 Å². The van der Waals surface area contributed by atoms with Crippen LogP contribution in [0.4, 0.5) is 0 Å². The molecule has 3 rings (SSSR count). The predicted molar refractivity (Wildman–Crippen MR) is 120 cm³/mol. The van der Waals surface area contributed by atoms with E-state index in [-0.39, 0.29) is 26.2 Å². The Labute approximate surface area is 187 Å². The minimum atomic E-state index is 0. The summed E-state index contributed by atoms with van der Waals surface area (Å²) in [7, 11) is 0. The van der Waals surface area contributed by atoms with Crippen LogP contribution in [0, 0.1) is 19.9 Å². The summed E-state index contributed by atoms with van der Waals surface area (Å²) < 4.78 is 0. The summed E-state index contributed by atoms with van der Waals surface area (Å²) in [5, 5.41) is 2.66. The molecule has 1 heteroatoms. The third-order valence-corrected chi connectivity index (χ3v) is 3.67. The van der Waals surface area contributed by atoms with Gasteiger partial charge in [-0.3, -0.25) is 6.08 Å².